The summed E-state index contributed by atoms with van der Waals surface area (Å²) < 4.78 is 28.2. The van der Waals surface area contributed by atoms with Gasteiger partial charge in [0, 0.05) is 20.0 Å². The van der Waals surface area contributed by atoms with Crippen molar-refractivity contribution in [2.45, 2.75) is 24.7 Å². The molecule has 1 heterocycles. The fourth-order valence-corrected chi connectivity index (χ4v) is 6.35. The van der Waals surface area contributed by atoms with Crippen molar-refractivity contribution >= 4 is 64.0 Å². The van der Waals surface area contributed by atoms with E-state index in [4.69, 9.17) is 5.73 Å². The van der Waals surface area contributed by atoms with Gasteiger partial charge in [0.1, 0.15) is 4.90 Å². The second kappa shape index (κ2) is 6.23. The first-order valence-corrected chi connectivity index (χ1v) is 9.88. The minimum Gasteiger partial charge on any atom is -0.399 e. The first kappa shape index (κ1) is 16.7. The van der Waals surface area contributed by atoms with E-state index >= 15 is 0 Å². The Morgan fingerprint density at radius 2 is 1.86 bits per heavy atom. The molecule has 0 aliphatic carbocycles. The third kappa shape index (κ3) is 3.77. The smallest absolute Gasteiger partial charge is 0.265 e. The summed E-state index contributed by atoms with van der Waals surface area (Å²) in [6.07, 6.45) is 0. The summed E-state index contributed by atoms with van der Waals surface area (Å²) in [5, 5.41) is 2.18. The van der Waals surface area contributed by atoms with Gasteiger partial charge in [-0.25, -0.2) is 13.4 Å². The number of nitrogens with zero attached hydrogens (tertiary/aromatic N) is 1. The highest BCUT2D eigenvalue weighted by molar-refractivity contribution is 9.11. The van der Waals surface area contributed by atoms with Crippen LogP contribution in [0.4, 0.5) is 10.8 Å². The monoisotopic (exact) mass is 453 g/mol. The molecule has 0 amide bonds. The van der Waals surface area contributed by atoms with Gasteiger partial charge in [0.2, 0.25) is 0 Å². The molecule has 0 saturated heterocycles. The van der Waals surface area contributed by atoms with Gasteiger partial charge in [0.05, 0.1) is 5.69 Å². The molecule has 0 spiro atoms. The zero-order valence-electron chi connectivity index (χ0n) is 11.2. The number of thiazole rings is 1. The highest BCUT2D eigenvalue weighted by Crippen LogP contribution is 2.34. The Labute approximate surface area is 144 Å². The number of rotatable bonds is 4. The molecule has 0 fully saturated rings. The Hall–Kier alpha value is -0.640. The molecular weight excluding hydrogens is 442 g/mol. The molecule has 0 aliphatic heterocycles. The summed E-state index contributed by atoms with van der Waals surface area (Å²) in [4.78, 5) is 4.37. The fourth-order valence-electron chi connectivity index (χ4n) is 1.60. The Bertz CT molecular complexity index is 750. The van der Waals surface area contributed by atoms with Gasteiger partial charge >= 0.3 is 0 Å². The second-order valence-electron chi connectivity index (χ2n) is 4.65. The van der Waals surface area contributed by atoms with Crippen LogP contribution < -0.4 is 10.5 Å². The maximum Gasteiger partial charge on any atom is 0.265 e. The first-order valence-electron chi connectivity index (χ1n) is 5.93. The zero-order chi connectivity index (χ0) is 15.8. The molecule has 9 heteroatoms. The van der Waals surface area contributed by atoms with E-state index in [1.165, 1.54) is 11.3 Å². The van der Waals surface area contributed by atoms with E-state index < -0.39 is 10.0 Å². The first-order chi connectivity index (χ1) is 9.70. The fraction of sp³-hybridized carbons (Fsp3) is 0.250. The highest BCUT2D eigenvalue weighted by atomic mass is 79.9. The molecule has 0 unspecified atom stereocenters. The molecule has 1 aromatic carbocycles. The van der Waals surface area contributed by atoms with E-state index in [1.54, 1.807) is 12.1 Å². The molecule has 21 heavy (non-hydrogen) atoms. The second-order valence-corrected chi connectivity index (χ2v) is 8.84. The van der Waals surface area contributed by atoms with E-state index in [0.717, 1.165) is 5.69 Å². The Kier molecular flexibility index (Phi) is 4.96. The molecule has 114 valence electrons. The molecule has 2 aromatic rings. The lowest BCUT2D eigenvalue weighted by molar-refractivity contribution is 0.600. The van der Waals surface area contributed by atoms with Crippen molar-refractivity contribution in [1.29, 1.82) is 0 Å². The van der Waals surface area contributed by atoms with Crippen LogP contribution >= 0.6 is 43.2 Å². The van der Waals surface area contributed by atoms with Crippen molar-refractivity contribution in [2.75, 3.05) is 10.5 Å². The van der Waals surface area contributed by atoms with Gasteiger partial charge in [-0.1, -0.05) is 13.8 Å². The molecule has 1 aromatic heterocycles. The number of nitrogen functional groups attached to an aromatic ring is 1. The van der Waals surface area contributed by atoms with Crippen LogP contribution in [0, 0.1) is 0 Å². The van der Waals surface area contributed by atoms with Gasteiger partial charge in [-0.2, -0.15) is 0 Å². The average molecular weight is 455 g/mol. The van der Waals surface area contributed by atoms with Crippen LogP contribution in [0.1, 0.15) is 25.5 Å². The summed E-state index contributed by atoms with van der Waals surface area (Å²) >= 11 is 7.72. The summed E-state index contributed by atoms with van der Waals surface area (Å²) in [5.74, 6) is 0.245. The van der Waals surface area contributed by atoms with E-state index in [1.807, 2.05) is 19.2 Å². The number of hydrogen-bond acceptors (Lipinski definition) is 5. The van der Waals surface area contributed by atoms with Crippen molar-refractivity contribution in [1.82, 2.24) is 4.98 Å². The number of aromatic nitrogens is 1. The Morgan fingerprint density at radius 1 is 1.29 bits per heavy atom. The van der Waals surface area contributed by atoms with Gasteiger partial charge in [0.15, 0.2) is 5.13 Å². The average Bonchev–Trinajstić information content (AvgIpc) is 2.74. The molecule has 0 aliphatic rings. The van der Waals surface area contributed by atoms with E-state index in [0.29, 0.717) is 19.8 Å². The minimum absolute atomic E-state index is 0.0954. The van der Waals surface area contributed by atoms with Crippen molar-refractivity contribution in [3.8, 4) is 0 Å². The van der Waals surface area contributed by atoms with Gasteiger partial charge in [-0.3, -0.25) is 4.72 Å². The van der Waals surface area contributed by atoms with Gasteiger partial charge < -0.3 is 5.73 Å². The number of sulfonamides is 1. The quantitative estimate of drug-likeness (QED) is 0.678. The number of hydrogen-bond donors (Lipinski definition) is 2. The standard InChI is InChI=1S/C12H13Br2N3O2S2/c1-6(2)10-5-20-12(16-10)17-21(18,19)11-8(13)3-7(15)4-9(11)14/h3-6H,15H2,1-2H3,(H,16,17). The summed E-state index contributed by atoms with van der Waals surface area (Å²) in [5.41, 5.74) is 6.99. The molecule has 0 saturated carbocycles. The van der Waals surface area contributed by atoms with E-state index in [-0.39, 0.29) is 10.8 Å². The van der Waals surface area contributed by atoms with Gasteiger partial charge in [0.25, 0.3) is 10.0 Å². The maximum absolute atomic E-state index is 12.5. The van der Waals surface area contributed by atoms with Crippen LogP contribution in [-0.2, 0) is 10.0 Å². The predicted molar refractivity (Wildman–Crippen MR) is 93.3 cm³/mol. The van der Waals surface area contributed by atoms with Crippen molar-refractivity contribution in [3.05, 3.63) is 32.2 Å². The van der Waals surface area contributed by atoms with Crippen LogP contribution in [0.25, 0.3) is 0 Å². The third-order valence-corrected chi connectivity index (χ3v) is 6.74. The normalized spacial score (nSPS) is 11.9. The van der Waals surface area contributed by atoms with Crippen molar-refractivity contribution < 1.29 is 8.42 Å². The van der Waals surface area contributed by atoms with Crippen LogP contribution in [-0.4, -0.2) is 13.4 Å². The largest absolute Gasteiger partial charge is 0.399 e. The lowest BCUT2D eigenvalue weighted by Crippen LogP contribution is -2.14. The zero-order valence-corrected chi connectivity index (χ0v) is 16.0. The molecule has 0 radical (unpaired) electrons. The van der Waals surface area contributed by atoms with Crippen molar-refractivity contribution in [2.24, 2.45) is 0 Å². The highest BCUT2D eigenvalue weighted by Gasteiger charge is 2.23. The molecular formula is C12H13Br2N3O2S2. The summed E-state index contributed by atoms with van der Waals surface area (Å²) in [6, 6.07) is 3.08. The lowest BCUT2D eigenvalue weighted by Gasteiger charge is -2.10. The van der Waals surface area contributed by atoms with Gasteiger partial charge in [-0.15, -0.1) is 11.3 Å². The number of nitrogens with two attached hydrogens (primary N) is 1. The van der Waals surface area contributed by atoms with E-state index in [9.17, 15) is 8.42 Å². The summed E-state index contributed by atoms with van der Waals surface area (Å²) in [7, 11) is -3.76. The Morgan fingerprint density at radius 3 is 2.33 bits per heavy atom. The molecule has 2 rings (SSSR count). The van der Waals surface area contributed by atoms with E-state index in [2.05, 4.69) is 41.6 Å². The minimum atomic E-state index is -3.76. The third-order valence-electron chi connectivity index (χ3n) is 2.62. The van der Waals surface area contributed by atoms with Crippen LogP contribution in [0.3, 0.4) is 0 Å². The SMILES string of the molecule is CC(C)c1csc(NS(=O)(=O)c2c(Br)cc(N)cc2Br)n1. The topological polar surface area (TPSA) is 85.1 Å². The molecule has 0 atom stereocenters. The van der Waals surface area contributed by atoms with Gasteiger partial charge in [-0.05, 0) is 49.9 Å². The van der Waals surface area contributed by atoms with Crippen molar-refractivity contribution in [3.63, 3.8) is 0 Å². The number of halogens is 2. The van der Waals surface area contributed by atoms with Crippen LogP contribution in [0.2, 0.25) is 0 Å². The Balaban J connectivity index is 2.38. The molecule has 3 N–H and O–H groups in total. The predicted octanol–water partition coefficient (Wildman–Crippen LogP) is 4.17. The number of nitrogens with one attached hydrogen (secondary N) is 1. The summed E-state index contributed by atoms with van der Waals surface area (Å²) in [6.45, 7) is 4.00. The number of anilines is 2. The van der Waals surface area contributed by atoms with Crippen LogP contribution in [0.5, 0.6) is 0 Å². The lowest BCUT2D eigenvalue weighted by atomic mass is 10.2. The number of benzene rings is 1. The van der Waals surface area contributed by atoms with Crippen LogP contribution in [0.15, 0.2) is 31.4 Å². The molecule has 0 bridgehead atoms. The maximum atomic E-state index is 12.5. The molecule has 5 nitrogen and oxygen atoms in total.